The highest BCUT2D eigenvalue weighted by Gasteiger charge is 2.24. The number of nitrogens with zero attached hydrogens (tertiary/aromatic N) is 3. The standard InChI is InChI=1S/C8H14N4OS/c9-7-10-8(14-11-7)12-4-2-1-3-6(12)5-13/h6,13H,1-5H2,(H2,9,11). The normalized spacial score (nSPS) is 22.6. The van der Waals surface area contributed by atoms with Gasteiger partial charge in [-0.15, -0.1) is 0 Å². The number of aliphatic hydroxyl groups excluding tert-OH is 1. The highest BCUT2D eigenvalue weighted by molar-refractivity contribution is 7.09. The third-order valence-electron chi connectivity index (χ3n) is 2.51. The lowest BCUT2D eigenvalue weighted by atomic mass is 10.0. The Balaban J connectivity index is 2.14. The summed E-state index contributed by atoms with van der Waals surface area (Å²) in [5, 5.41) is 10.0. The molecule has 0 radical (unpaired) electrons. The van der Waals surface area contributed by atoms with Crippen LogP contribution in [-0.2, 0) is 0 Å². The summed E-state index contributed by atoms with van der Waals surface area (Å²) in [6.07, 6.45) is 3.35. The zero-order valence-corrected chi connectivity index (χ0v) is 8.70. The molecule has 1 aromatic rings. The number of aliphatic hydroxyl groups is 1. The number of anilines is 2. The van der Waals surface area contributed by atoms with Gasteiger partial charge in [0.2, 0.25) is 11.1 Å². The van der Waals surface area contributed by atoms with E-state index in [0.29, 0.717) is 5.95 Å². The average molecular weight is 214 g/mol. The van der Waals surface area contributed by atoms with Crippen molar-refractivity contribution in [3.8, 4) is 0 Å². The van der Waals surface area contributed by atoms with Crippen molar-refractivity contribution in [3.05, 3.63) is 0 Å². The van der Waals surface area contributed by atoms with Crippen molar-refractivity contribution in [1.29, 1.82) is 0 Å². The van der Waals surface area contributed by atoms with Crippen LogP contribution in [0.25, 0.3) is 0 Å². The number of hydrogen-bond donors (Lipinski definition) is 2. The second-order valence-electron chi connectivity index (χ2n) is 3.46. The predicted molar refractivity (Wildman–Crippen MR) is 56.4 cm³/mol. The summed E-state index contributed by atoms with van der Waals surface area (Å²) >= 11 is 1.30. The first-order chi connectivity index (χ1) is 6.81. The lowest BCUT2D eigenvalue weighted by Gasteiger charge is -2.33. The van der Waals surface area contributed by atoms with Crippen molar-refractivity contribution in [2.45, 2.75) is 25.3 Å². The highest BCUT2D eigenvalue weighted by atomic mass is 32.1. The van der Waals surface area contributed by atoms with Crippen LogP contribution in [0.2, 0.25) is 0 Å². The van der Waals surface area contributed by atoms with Gasteiger partial charge in [-0.05, 0) is 19.3 Å². The molecule has 1 aliphatic rings. The Hall–Kier alpha value is -0.880. The van der Waals surface area contributed by atoms with E-state index in [1.807, 2.05) is 0 Å². The van der Waals surface area contributed by atoms with Crippen LogP contribution in [0, 0.1) is 0 Å². The van der Waals surface area contributed by atoms with E-state index in [9.17, 15) is 5.11 Å². The quantitative estimate of drug-likeness (QED) is 0.748. The molecule has 6 heteroatoms. The summed E-state index contributed by atoms with van der Waals surface area (Å²) in [7, 11) is 0. The third-order valence-corrected chi connectivity index (χ3v) is 3.28. The van der Waals surface area contributed by atoms with Gasteiger partial charge in [0.15, 0.2) is 0 Å². The Bertz CT molecular complexity index is 303. The van der Waals surface area contributed by atoms with Gasteiger partial charge in [-0.25, -0.2) is 0 Å². The van der Waals surface area contributed by atoms with Crippen molar-refractivity contribution in [2.75, 3.05) is 23.8 Å². The molecule has 78 valence electrons. The van der Waals surface area contributed by atoms with E-state index in [-0.39, 0.29) is 12.6 Å². The summed E-state index contributed by atoms with van der Waals surface area (Å²) in [6.45, 7) is 1.12. The van der Waals surface area contributed by atoms with Crippen molar-refractivity contribution >= 4 is 22.6 Å². The first-order valence-corrected chi connectivity index (χ1v) is 5.55. The summed E-state index contributed by atoms with van der Waals surface area (Å²) in [5.74, 6) is 0.326. The zero-order chi connectivity index (χ0) is 9.97. The topological polar surface area (TPSA) is 75.3 Å². The number of piperidine rings is 1. The van der Waals surface area contributed by atoms with E-state index >= 15 is 0 Å². The van der Waals surface area contributed by atoms with Crippen LogP contribution in [0.5, 0.6) is 0 Å². The SMILES string of the molecule is Nc1nsc(N2CCCCC2CO)n1. The second-order valence-corrected chi connectivity index (χ2v) is 4.19. The van der Waals surface area contributed by atoms with E-state index in [1.54, 1.807) is 0 Å². The Morgan fingerprint density at radius 2 is 2.43 bits per heavy atom. The first-order valence-electron chi connectivity index (χ1n) is 4.78. The number of hydrogen-bond acceptors (Lipinski definition) is 6. The molecule has 0 spiro atoms. The largest absolute Gasteiger partial charge is 0.394 e. The summed E-state index contributed by atoms with van der Waals surface area (Å²) in [5.41, 5.74) is 5.47. The van der Waals surface area contributed by atoms with Crippen LogP contribution in [0.3, 0.4) is 0 Å². The fraction of sp³-hybridized carbons (Fsp3) is 0.750. The molecule has 2 heterocycles. The van der Waals surface area contributed by atoms with Crippen molar-refractivity contribution < 1.29 is 5.11 Å². The van der Waals surface area contributed by atoms with Gasteiger partial charge >= 0.3 is 0 Å². The number of nitrogens with two attached hydrogens (primary N) is 1. The van der Waals surface area contributed by atoms with Crippen LogP contribution in [0.15, 0.2) is 0 Å². The maximum absolute atomic E-state index is 9.21. The Kier molecular flexibility index (Phi) is 2.83. The van der Waals surface area contributed by atoms with Gasteiger partial charge in [0.1, 0.15) is 0 Å². The molecular formula is C8H14N4OS. The maximum Gasteiger partial charge on any atom is 0.233 e. The van der Waals surface area contributed by atoms with E-state index in [1.165, 1.54) is 18.0 Å². The van der Waals surface area contributed by atoms with Crippen LogP contribution in [0.4, 0.5) is 11.1 Å². The van der Waals surface area contributed by atoms with Gasteiger partial charge < -0.3 is 15.7 Å². The average Bonchev–Trinajstić information content (AvgIpc) is 2.65. The van der Waals surface area contributed by atoms with Gasteiger partial charge in [-0.2, -0.15) is 9.36 Å². The van der Waals surface area contributed by atoms with E-state index < -0.39 is 0 Å². The van der Waals surface area contributed by atoms with Gasteiger partial charge in [-0.3, -0.25) is 0 Å². The molecule has 0 saturated carbocycles. The molecule has 1 aromatic heterocycles. The zero-order valence-electron chi connectivity index (χ0n) is 7.89. The molecule has 1 saturated heterocycles. The molecule has 0 aromatic carbocycles. The van der Waals surface area contributed by atoms with Crippen LogP contribution >= 0.6 is 11.5 Å². The lowest BCUT2D eigenvalue weighted by molar-refractivity contribution is 0.240. The van der Waals surface area contributed by atoms with Crippen molar-refractivity contribution in [2.24, 2.45) is 0 Å². The number of aromatic nitrogens is 2. The minimum Gasteiger partial charge on any atom is -0.394 e. The van der Waals surface area contributed by atoms with Crippen LogP contribution < -0.4 is 10.6 Å². The minimum atomic E-state index is 0.180. The molecule has 0 bridgehead atoms. The fourth-order valence-corrected chi connectivity index (χ4v) is 2.48. The third kappa shape index (κ3) is 1.80. The summed E-state index contributed by atoms with van der Waals surface area (Å²) in [6, 6.07) is 0.191. The van der Waals surface area contributed by atoms with Crippen molar-refractivity contribution in [3.63, 3.8) is 0 Å². The first kappa shape index (κ1) is 9.67. The molecule has 3 N–H and O–H groups in total. The smallest absolute Gasteiger partial charge is 0.233 e. The number of nitrogen functional groups attached to an aromatic ring is 1. The molecule has 1 atom stereocenters. The lowest BCUT2D eigenvalue weighted by Crippen LogP contribution is -2.41. The predicted octanol–water partition coefficient (Wildman–Crippen LogP) is 0.471. The Morgan fingerprint density at radius 3 is 3.07 bits per heavy atom. The summed E-state index contributed by atoms with van der Waals surface area (Å²) in [4.78, 5) is 6.24. The monoisotopic (exact) mass is 214 g/mol. The molecule has 2 rings (SSSR count). The van der Waals surface area contributed by atoms with Crippen molar-refractivity contribution in [1.82, 2.24) is 9.36 Å². The fourth-order valence-electron chi connectivity index (χ4n) is 1.79. The Labute approximate surface area is 86.7 Å². The van der Waals surface area contributed by atoms with Crippen LogP contribution in [-0.4, -0.2) is 33.7 Å². The van der Waals surface area contributed by atoms with E-state index in [4.69, 9.17) is 5.73 Å². The molecule has 1 aliphatic heterocycles. The van der Waals surface area contributed by atoms with Gasteiger partial charge in [0.05, 0.1) is 12.6 Å². The Morgan fingerprint density at radius 1 is 1.57 bits per heavy atom. The van der Waals surface area contributed by atoms with Crippen LogP contribution in [0.1, 0.15) is 19.3 Å². The second kappa shape index (κ2) is 4.10. The highest BCUT2D eigenvalue weighted by Crippen LogP contribution is 2.26. The van der Waals surface area contributed by atoms with Gasteiger partial charge in [0.25, 0.3) is 0 Å². The molecule has 5 nitrogen and oxygen atoms in total. The molecule has 1 unspecified atom stereocenters. The molecule has 14 heavy (non-hydrogen) atoms. The van der Waals surface area contributed by atoms with E-state index in [2.05, 4.69) is 14.3 Å². The van der Waals surface area contributed by atoms with E-state index in [0.717, 1.165) is 24.5 Å². The molecule has 1 fully saturated rings. The maximum atomic E-state index is 9.21. The molecular weight excluding hydrogens is 200 g/mol. The number of rotatable bonds is 2. The summed E-state index contributed by atoms with van der Waals surface area (Å²) < 4.78 is 3.95. The van der Waals surface area contributed by atoms with Gasteiger partial charge in [0, 0.05) is 18.1 Å². The van der Waals surface area contributed by atoms with Gasteiger partial charge in [-0.1, -0.05) is 0 Å². The minimum absolute atomic E-state index is 0.180. The molecule has 0 aliphatic carbocycles. The molecule has 0 amide bonds.